The van der Waals surface area contributed by atoms with Gasteiger partial charge >= 0.3 is 6.03 Å². The molecule has 2 aromatic carbocycles. The first kappa shape index (κ1) is 19.5. The third kappa shape index (κ3) is 4.58. The topological polar surface area (TPSA) is 35.6 Å². The van der Waals surface area contributed by atoms with Crippen LogP contribution < -0.4 is 5.32 Å². The number of amides is 2. The maximum atomic E-state index is 12.6. The van der Waals surface area contributed by atoms with E-state index in [0.717, 1.165) is 43.5 Å². The zero-order valence-electron chi connectivity index (χ0n) is 16.2. The number of hydrogen-bond donors (Lipinski definition) is 1. The largest absolute Gasteiger partial charge is 0.335 e. The summed E-state index contributed by atoms with van der Waals surface area (Å²) in [7, 11) is 0. The number of carbonyl (C=O) groups is 1. The molecule has 2 aliphatic rings. The van der Waals surface area contributed by atoms with Gasteiger partial charge in [0.15, 0.2) is 0 Å². The number of hydrogen-bond acceptors (Lipinski definition) is 2. The lowest BCUT2D eigenvalue weighted by Crippen LogP contribution is -2.53. The lowest BCUT2D eigenvalue weighted by atomic mass is 9.96. The van der Waals surface area contributed by atoms with Gasteiger partial charge in [-0.15, -0.1) is 0 Å². The summed E-state index contributed by atoms with van der Waals surface area (Å²) in [5, 5.41) is 3.23. The Morgan fingerprint density at radius 1 is 0.893 bits per heavy atom. The summed E-state index contributed by atoms with van der Waals surface area (Å²) in [5.41, 5.74) is 2.59. The fourth-order valence-corrected chi connectivity index (χ4v) is 4.68. The van der Waals surface area contributed by atoms with Gasteiger partial charge in [-0.05, 0) is 36.1 Å². The first-order chi connectivity index (χ1) is 13.7. The lowest BCUT2D eigenvalue weighted by Gasteiger charge is -2.40. The number of halogens is 1. The van der Waals surface area contributed by atoms with Crippen molar-refractivity contribution in [1.29, 1.82) is 0 Å². The highest BCUT2D eigenvalue weighted by molar-refractivity contribution is 9.10. The lowest BCUT2D eigenvalue weighted by molar-refractivity contribution is 0.119. The van der Waals surface area contributed by atoms with Crippen molar-refractivity contribution in [1.82, 2.24) is 15.1 Å². The molecule has 1 heterocycles. The summed E-state index contributed by atoms with van der Waals surface area (Å²) in [6.45, 7) is 3.32. The van der Waals surface area contributed by atoms with E-state index in [-0.39, 0.29) is 12.1 Å². The third-order valence-electron chi connectivity index (χ3n) is 5.95. The van der Waals surface area contributed by atoms with Crippen LogP contribution in [0.25, 0.3) is 0 Å². The predicted octanol–water partition coefficient (Wildman–Crippen LogP) is 4.81. The van der Waals surface area contributed by atoms with Gasteiger partial charge in [-0.25, -0.2) is 4.79 Å². The van der Waals surface area contributed by atoms with E-state index in [0.29, 0.717) is 6.04 Å². The maximum Gasteiger partial charge on any atom is 0.317 e. The quantitative estimate of drug-likeness (QED) is 0.738. The Bertz CT molecular complexity index is 766. The summed E-state index contributed by atoms with van der Waals surface area (Å²) in [6.07, 6.45) is 4.74. The van der Waals surface area contributed by atoms with Gasteiger partial charge in [0.25, 0.3) is 0 Å². The summed E-state index contributed by atoms with van der Waals surface area (Å²) in [4.78, 5) is 17.1. The van der Waals surface area contributed by atoms with Crippen molar-refractivity contribution in [2.24, 2.45) is 0 Å². The Hall–Kier alpha value is -1.85. The molecule has 1 atom stereocenters. The summed E-state index contributed by atoms with van der Waals surface area (Å²) >= 11 is 3.54. The Morgan fingerprint density at radius 2 is 1.50 bits per heavy atom. The van der Waals surface area contributed by atoms with Crippen LogP contribution in [-0.4, -0.2) is 48.1 Å². The van der Waals surface area contributed by atoms with E-state index >= 15 is 0 Å². The zero-order chi connectivity index (χ0) is 19.3. The molecule has 1 aliphatic heterocycles. The molecule has 4 nitrogen and oxygen atoms in total. The van der Waals surface area contributed by atoms with Gasteiger partial charge in [-0.3, -0.25) is 4.90 Å². The highest BCUT2D eigenvalue weighted by atomic mass is 79.9. The smallest absolute Gasteiger partial charge is 0.317 e. The summed E-state index contributed by atoms with van der Waals surface area (Å²) in [5.74, 6) is 0. The van der Waals surface area contributed by atoms with Crippen molar-refractivity contribution in [2.75, 3.05) is 26.2 Å². The highest BCUT2D eigenvalue weighted by Gasteiger charge is 2.29. The van der Waals surface area contributed by atoms with Crippen LogP contribution >= 0.6 is 15.9 Å². The molecule has 1 aliphatic carbocycles. The number of urea groups is 1. The molecular weight excluding hydrogens is 414 g/mol. The molecule has 0 aromatic heterocycles. The van der Waals surface area contributed by atoms with E-state index in [4.69, 9.17) is 0 Å². The van der Waals surface area contributed by atoms with Crippen molar-refractivity contribution in [3.63, 3.8) is 0 Å². The minimum atomic E-state index is 0.117. The van der Waals surface area contributed by atoms with E-state index in [9.17, 15) is 4.79 Å². The van der Waals surface area contributed by atoms with Crippen LogP contribution in [-0.2, 0) is 0 Å². The van der Waals surface area contributed by atoms with E-state index in [2.05, 4.69) is 80.7 Å². The molecule has 0 unspecified atom stereocenters. The van der Waals surface area contributed by atoms with Gasteiger partial charge in [0, 0.05) is 36.7 Å². The summed E-state index contributed by atoms with van der Waals surface area (Å²) in [6, 6.07) is 20.0. The van der Waals surface area contributed by atoms with Gasteiger partial charge in [-0.1, -0.05) is 71.2 Å². The molecule has 0 bridgehead atoms. The second-order valence-electron chi connectivity index (χ2n) is 7.82. The number of benzene rings is 2. The van der Waals surface area contributed by atoms with Crippen LogP contribution in [0, 0.1) is 0 Å². The second-order valence-corrected chi connectivity index (χ2v) is 8.73. The molecule has 0 radical (unpaired) electrons. The van der Waals surface area contributed by atoms with Crippen molar-refractivity contribution in [3.8, 4) is 0 Å². The fourth-order valence-electron chi connectivity index (χ4n) is 4.41. The van der Waals surface area contributed by atoms with Crippen molar-refractivity contribution in [3.05, 3.63) is 70.2 Å². The molecule has 5 heteroatoms. The molecule has 1 saturated heterocycles. The standard InChI is InChI=1S/C23H28BrN3O/c24-20-12-10-19(11-13-20)22(18-6-2-1-3-7-18)26-14-16-27(17-15-26)23(28)25-21-8-4-5-9-21/h1-3,6-7,10-13,21-22H,4-5,8-9,14-17H2,(H,25,28)/t22-/m1/s1. The number of carbonyl (C=O) groups excluding carboxylic acids is 1. The number of rotatable bonds is 4. The van der Waals surface area contributed by atoms with Crippen molar-refractivity contribution in [2.45, 2.75) is 37.8 Å². The predicted molar refractivity (Wildman–Crippen MR) is 116 cm³/mol. The third-order valence-corrected chi connectivity index (χ3v) is 6.48. The van der Waals surface area contributed by atoms with Gasteiger partial charge in [0.05, 0.1) is 6.04 Å². The minimum Gasteiger partial charge on any atom is -0.335 e. The zero-order valence-corrected chi connectivity index (χ0v) is 17.8. The van der Waals surface area contributed by atoms with Crippen LogP contribution in [0.2, 0.25) is 0 Å². The molecule has 4 rings (SSSR count). The van der Waals surface area contributed by atoms with Gasteiger partial charge in [0.2, 0.25) is 0 Å². The van der Waals surface area contributed by atoms with E-state index in [1.807, 2.05) is 4.90 Å². The number of nitrogens with one attached hydrogen (secondary N) is 1. The fraction of sp³-hybridized carbons (Fsp3) is 0.435. The number of piperazine rings is 1. The van der Waals surface area contributed by atoms with Gasteiger partial charge in [-0.2, -0.15) is 0 Å². The second kappa shape index (κ2) is 9.10. The molecule has 2 fully saturated rings. The Morgan fingerprint density at radius 3 is 2.14 bits per heavy atom. The van der Waals surface area contributed by atoms with Crippen LogP contribution in [0.3, 0.4) is 0 Å². The molecule has 0 spiro atoms. The van der Waals surface area contributed by atoms with E-state index in [1.165, 1.54) is 24.0 Å². The highest BCUT2D eigenvalue weighted by Crippen LogP contribution is 2.30. The first-order valence-corrected chi connectivity index (χ1v) is 11.1. The van der Waals surface area contributed by atoms with Crippen LogP contribution in [0.1, 0.15) is 42.9 Å². The minimum absolute atomic E-state index is 0.117. The van der Waals surface area contributed by atoms with E-state index < -0.39 is 0 Å². The normalized spacial score (nSPS) is 19.5. The number of nitrogens with zero attached hydrogens (tertiary/aromatic N) is 2. The molecule has 28 heavy (non-hydrogen) atoms. The van der Waals surface area contributed by atoms with Crippen LogP contribution in [0.4, 0.5) is 4.79 Å². The van der Waals surface area contributed by atoms with Gasteiger partial charge < -0.3 is 10.2 Å². The Labute approximate surface area is 176 Å². The van der Waals surface area contributed by atoms with Crippen LogP contribution in [0.5, 0.6) is 0 Å². The molecule has 1 N–H and O–H groups in total. The first-order valence-electron chi connectivity index (χ1n) is 10.3. The average Bonchev–Trinajstić information content (AvgIpc) is 3.24. The maximum absolute atomic E-state index is 12.6. The molecule has 2 aromatic rings. The summed E-state index contributed by atoms with van der Waals surface area (Å²) < 4.78 is 1.09. The molecule has 2 amide bonds. The van der Waals surface area contributed by atoms with Crippen LogP contribution in [0.15, 0.2) is 59.1 Å². The SMILES string of the molecule is O=C(NC1CCCC1)N1CCN([C@H](c2ccccc2)c2ccc(Br)cc2)CC1. The molecule has 1 saturated carbocycles. The van der Waals surface area contributed by atoms with Crippen molar-refractivity contribution >= 4 is 22.0 Å². The van der Waals surface area contributed by atoms with Crippen molar-refractivity contribution < 1.29 is 4.79 Å². The molecule has 148 valence electrons. The van der Waals surface area contributed by atoms with E-state index in [1.54, 1.807) is 0 Å². The monoisotopic (exact) mass is 441 g/mol. The Balaban J connectivity index is 1.45. The Kier molecular flexibility index (Phi) is 6.33. The molecular formula is C23H28BrN3O. The average molecular weight is 442 g/mol. The van der Waals surface area contributed by atoms with Gasteiger partial charge in [0.1, 0.15) is 0 Å².